The van der Waals surface area contributed by atoms with Crippen LogP contribution < -0.4 is 5.32 Å². The Kier molecular flexibility index (Phi) is 4.77. The molecule has 0 unspecified atom stereocenters. The van der Waals surface area contributed by atoms with Gasteiger partial charge in [-0.1, -0.05) is 12.1 Å². The van der Waals surface area contributed by atoms with Gasteiger partial charge in [-0.15, -0.1) is 0 Å². The molecule has 3 aromatic rings. The van der Waals surface area contributed by atoms with E-state index in [0.717, 1.165) is 9.54 Å². The van der Waals surface area contributed by atoms with Crippen molar-refractivity contribution in [1.82, 2.24) is 14.3 Å². The summed E-state index contributed by atoms with van der Waals surface area (Å²) < 4.78 is 41.8. The lowest BCUT2D eigenvalue weighted by Crippen LogP contribution is -2.40. The van der Waals surface area contributed by atoms with Crippen LogP contribution in [0.1, 0.15) is 5.56 Å². The molecule has 0 saturated heterocycles. The van der Waals surface area contributed by atoms with Crippen molar-refractivity contribution in [2.75, 3.05) is 7.05 Å². The van der Waals surface area contributed by atoms with Gasteiger partial charge in [-0.3, -0.25) is 4.98 Å². The molecule has 0 fully saturated rings. The van der Waals surface area contributed by atoms with E-state index in [1.54, 1.807) is 37.4 Å². The maximum Gasteiger partial charge on any atom is 0.269 e. The van der Waals surface area contributed by atoms with Crippen LogP contribution in [0, 0.1) is 5.82 Å². The van der Waals surface area contributed by atoms with Gasteiger partial charge in [0.15, 0.2) is 0 Å². The smallest absolute Gasteiger partial charge is 0.269 e. The highest BCUT2D eigenvalue weighted by Crippen LogP contribution is 2.31. The highest BCUT2D eigenvalue weighted by molar-refractivity contribution is 7.90. The zero-order valence-electron chi connectivity index (χ0n) is 14.8. The molecule has 0 bridgehead atoms. The van der Waals surface area contributed by atoms with Crippen LogP contribution in [0.5, 0.6) is 0 Å². The molecule has 2 aromatic heterocycles. The minimum absolute atomic E-state index is 0.0435. The first kappa shape index (κ1) is 18.4. The third kappa shape index (κ3) is 3.20. The summed E-state index contributed by atoms with van der Waals surface area (Å²) in [6.45, 7) is 0. The lowest BCUT2D eigenvalue weighted by Gasteiger charge is -2.22. The Morgan fingerprint density at radius 3 is 2.54 bits per heavy atom. The Bertz CT molecular complexity index is 1040. The van der Waals surface area contributed by atoms with Crippen molar-refractivity contribution in [3.05, 3.63) is 72.4 Å². The van der Waals surface area contributed by atoms with Gasteiger partial charge in [0.25, 0.3) is 10.0 Å². The van der Waals surface area contributed by atoms with Gasteiger partial charge in [0.05, 0.1) is 5.69 Å². The minimum Gasteiger partial charge on any atom is -0.325 e. The maximum atomic E-state index is 14.4. The molecule has 0 saturated carbocycles. The SMILES string of the molecule is BC(B)(NC)c1cc(-c2ccccc2F)n(S(=O)(=O)c2cccnc2)c1. The van der Waals surface area contributed by atoms with Gasteiger partial charge in [0.1, 0.15) is 26.4 Å². The number of halogens is 1. The fourth-order valence-corrected chi connectivity index (χ4v) is 3.94. The molecule has 0 aliphatic rings. The van der Waals surface area contributed by atoms with E-state index in [4.69, 9.17) is 0 Å². The number of pyridine rings is 1. The average molecular weight is 369 g/mol. The average Bonchev–Trinajstić information content (AvgIpc) is 3.10. The number of hydrogen-bond donors (Lipinski definition) is 1. The van der Waals surface area contributed by atoms with Crippen molar-refractivity contribution in [2.24, 2.45) is 0 Å². The van der Waals surface area contributed by atoms with Crippen LogP contribution in [0.4, 0.5) is 4.39 Å². The Hall–Kier alpha value is -2.38. The van der Waals surface area contributed by atoms with E-state index in [1.165, 1.54) is 30.7 Å². The molecule has 132 valence electrons. The van der Waals surface area contributed by atoms with E-state index in [1.807, 2.05) is 15.7 Å². The molecule has 0 amide bonds. The lowest BCUT2D eigenvalue weighted by atomic mass is 9.59. The Labute approximate surface area is 154 Å². The van der Waals surface area contributed by atoms with E-state index < -0.39 is 21.2 Å². The summed E-state index contributed by atoms with van der Waals surface area (Å²) in [6.07, 6.45) is 4.31. The minimum atomic E-state index is -3.92. The number of nitrogens with zero attached hydrogens (tertiary/aromatic N) is 2. The fraction of sp³-hybridized carbons (Fsp3) is 0.118. The zero-order chi connectivity index (χ0) is 18.9. The standard InChI is InChI=1S/C17H18B2FN3O2S/c1-21-17(18,19)12-9-16(14-6-2-3-7-15(14)20)23(11-12)26(24,25)13-5-4-8-22-10-13/h2-11,21H,18-19H2,1H3. The summed E-state index contributed by atoms with van der Waals surface area (Å²) in [4.78, 5) is 3.93. The van der Waals surface area contributed by atoms with Crippen LogP contribution in [-0.4, -0.2) is 40.1 Å². The summed E-state index contributed by atoms with van der Waals surface area (Å²) in [6, 6.07) is 10.8. The van der Waals surface area contributed by atoms with Gasteiger partial charge in [0, 0.05) is 24.2 Å². The predicted octanol–water partition coefficient (Wildman–Crippen LogP) is 0.522. The summed E-state index contributed by atoms with van der Waals surface area (Å²) in [5.41, 5.74) is 1.22. The third-order valence-electron chi connectivity index (χ3n) is 4.47. The second kappa shape index (κ2) is 6.74. The zero-order valence-corrected chi connectivity index (χ0v) is 15.6. The molecule has 2 heterocycles. The molecule has 26 heavy (non-hydrogen) atoms. The largest absolute Gasteiger partial charge is 0.325 e. The van der Waals surface area contributed by atoms with Gasteiger partial charge in [-0.2, -0.15) is 0 Å². The van der Waals surface area contributed by atoms with E-state index in [9.17, 15) is 12.8 Å². The van der Waals surface area contributed by atoms with Crippen LogP contribution in [0.25, 0.3) is 11.3 Å². The van der Waals surface area contributed by atoms with Crippen molar-refractivity contribution >= 4 is 25.7 Å². The molecule has 9 heteroatoms. The van der Waals surface area contributed by atoms with Gasteiger partial charge >= 0.3 is 0 Å². The number of nitrogens with one attached hydrogen (secondary N) is 1. The second-order valence-electron chi connectivity index (χ2n) is 6.46. The van der Waals surface area contributed by atoms with E-state index in [0.29, 0.717) is 0 Å². The topological polar surface area (TPSA) is 64.0 Å². The first-order chi connectivity index (χ1) is 12.3. The van der Waals surface area contributed by atoms with Crippen molar-refractivity contribution in [2.45, 2.75) is 10.2 Å². The first-order valence-corrected chi connectivity index (χ1v) is 9.53. The molecule has 5 nitrogen and oxygen atoms in total. The number of benzene rings is 1. The van der Waals surface area contributed by atoms with Crippen molar-refractivity contribution in [3.63, 3.8) is 0 Å². The first-order valence-electron chi connectivity index (χ1n) is 8.09. The van der Waals surface area contributed by atoms with Crippen molar-refractivity contribution in [3.8, 4) is 11.3 Å². The molecule has 1 N–H and O–H groups in total. The van der Waals surface area contributed by atoms with E-state index in [-0.39, 0.29) is 16.2 Å². The van der Waals surface area contributed by atoms with Crippen LogP contribution in [0.15, 0.2) is 66.0 Å². The molecule has 0 radical (unpaired) electrons. The molecular formula is C17H18B2FN3O2S. The predicted molar refractivity (Wildman–Crippen MR) is 104 cm³/mol. The van der Waals surface area contributed by atoms with Crippen LogP contribution in [-0.2, 0) is 15.4 Å². The quantitative estimate of drug-likeness (QED) is 0.667. The summed E-state index contributed by atoms with van der Waals surface area (Å²) >= 11 is 0. The maximum absolute atomic E-state index is 14.4. The van der Waals surface area contributed by atoms with Gasteiger partial charge < -0.3 is 5.32 Å². The summed E-state index contributed by atoms with van der Waals surface area (Å²) in [5.74, 6) is -0.484. The number of hydrogen-bond acceptors (Lipinski definition) is 4. The fourth-order valence-electron chi connectivity index (χ4n) is 2.61. The Morgan fingerprint density at radius 1 is 1.19 bits per heavy atom. The molecule has 3 rings (SSSR count). The number of aromatic nitrogens is 2. The van der Waals surface area contributed by atoms with E-state index >= 15 is 0 Å². The van der Waals surface area contributed by atoms with E-state index in [2.05, 4.69) is 10.3 Å². The van der Waals surface area contributed by atoms with Gasteiger partial charge in [-0.25, -0.2) is 16.8 Å². The normalized spacial score (nSPS) is 12.2. The monoisotopic (exact) mass is 369 g/mol. The van der Waals surface area contributed by atoms with Crippen LogP contribution in [0.2, 0.25) is 0 Å². The molecule has 0 aliphatic carbocycles. The van der Waals surface area contributed by atoms with Crippen molar-refractivity contribution < 1.29 is 12.8 Å². The molecule has 1 aromatic carbocycles. The molecular weight excluding hydrogens is 351 g/mol. The summed E-state index contributed by atoms with van der Waals surface area (Å²) in [7, 11) is 1.72. The van der Waals surface area contributed by atoms with Crippen LogP contribution >= 0.6 is 0 Å². The lowest BCUT2D eigenvalue weighted by molar-refractivity contribution is 0.587. The molecule has 0 atom stereocenters. The number of rotatable bonds is 5. The highest BCUT2D eigenvalue weighted by atomic mass is 32.2. The third-order valence-corrected chi connectivity index (χ3v) is 6.13. The second-order valence-corrected chi connectivity index (χ2v) is 8.27. The van der Waals surface area contributed by atoms with Crippen LogP contribution in [0.3, 0.4) is 0 Å². The van der Waals surface area contributed by atoms with Gasteiger partial charge in [-0.05, 0) is 48.3 Å². The highest BCUT2D eigenvalue weighted by Gasteiger charge is 2.27. The van der Waals surface area contributed by atoms with Crippen molar-refractivity contribution in [1.29, 1.82) is 0 Å². The molecule has 0 spiro atoms. The Balaban J connectivity index is 2.29. The molecule has 0 aliphatic heterocycles. The Morgan fingerprint density at radius 2 is 1.92 bits per heavy atom. The van der Waals surface area contributed by atoms with Gasteiger partial charge in [0.2, 0.25) is 0 Å². The summed E-state index contributed by atoms with van der Waals surface area (Å²) in [5, 5.41) is 2.65.